The molecule has 4 bridgehead atoms. The van der Waals surface area contributed by atoms with E-state index >= 15 is 0 Å². The molecule has 0 unspecified atom stereocenters. The van der Waals surface area contributed by atoms with Crippen LogP contribution >= 0.6 is 11.6 Å². The second-order valence-electron chi connectivity index (χ2n) is 12.4. The van der Waals surface area contributed by atoms with Gasteiger partial charge in [-0.05, 0) is 61.8 Å². The van der Waals surface area contributed by atoms with E-state index in [1.165, 1.54) is 11.0 Å². The number of allylic oxidation sites excluding steroid dienone is 1. The smallest absolute Gasteiger partial charge is 0.407 e. The molecule has 12 nitrogen and oxygen atoms in total. The summed E-state index contributed by atoms with van der Waals surface area (Å²) in [5.74, 6) is -2.42. The Balaban J connectivity index is 1.40. The van der Waals surface area contributed by atoms with E-state index in [4.69, 9.17) is 21.1 Å². The highest BCUT2D eigenvalue weighted by Crippen LogP contribution is 2.45. The van der Waals surface area contributed by atoms with Crippen LogP contribution in [0.4, 0.5) is 4.79 Å². The maximum Gasteiger partial charge on any atom is 0.407 e. The number of hydrogen-bond acceptors (Lipinski definition) is 8. The van der Waals surface area contributed by atoms with Crippen LogP contribution in [0.25, 0.3) is 6.08 Å². The largest absolute Gasteiger partial charge is 0.450 e. The van der Waals surface area contributed by atoms with E-state index in [1.807, 2.05) is 31.2 Å². The van der Waals surface area contributed by atoms with E-state index in [9.17, 15) is 27.6 Å². The molecule has 1 aromatic rings. The Labute approximate surface area is 274 Å². The molecule has 46 heavy (non-hydrogen) atoms. The van der Waals surface area contributed by atoms with Gasteiger partial charge in [-0.3, -0.25) is 19.1 Å². The number of ether oxygens (including phenoxy) is 2. The van der Waals surface area contributed by atoms with Gasteiger partial charge in [-0.15, -0.1) is 6.58 Å². The van der Waals surface area contributed by atoms with Gasteiger partial charge >= 0.3 is 6.09 Å². The summed E-state index contributed by atoms with van der Waals surface area (Å²) in [6, 6.07) is 3.55. The van der Waals surface area contributed by atoms with E-state index in [2.05, 4.69) is 21.9 Å². The minimum absolute atomic E-state index is 0.0468. The van der Waals surface area contributed by atoms with Crippen LogP contribution < -0.4 is 15.4 Å². The third kappa shape index (κ3) is 7.75. The number of amides is 4. The molecule has 0 radical (unpaired) electrons. The molecule has 250 valence electrons. The SMILES string of the molecule is C=C[C@@H]1C[C@]1(NC(=O)[C@@H]1C[C@@H]2CN1C(=O)[C@H](CCC)NC(=O)OCCCC=Cc1ccc(Cl)c(c1)CO2)C(=O)NS(=O)(=O)C1CC1. The van der Waals surface area contributed by atoms with Crippen LogP contribution in [0.3, 0.4) is 0 Å². The summed E-state index contributed by atoms with van der Waals surface area (Å²) >= 11 is 6.47. The topological polar surface area (TPSA) is 160 Å². The van der Waals surface area contributed by atoms with Gasteiger partial charge in [-0.2, -0.15) is 0 Å². The van der Waals surface area contributed by atoms with E-state index in [0.29, 0.717) is 43.5 Å². The van der Waals surface area contributed by atoms with Crippen molar-refractivity contribution in [2.75, 3.05) is 13.2 Å². The summed E-state index contributed by atoms with van der Waals surface area (Å²) in [5, 5.41) is 5.32. The Hall–Kier alpha value is -3.42. The molecule has 1 aromatic carbocycles. The molecule has 4 amide bonds. The van der Waals surface area contributed by atoms with Gasteiger partial charge in [0.25, 0.3) is 5.91 Å². The van der Waals surface area contributed by atoms with Crippen molar-refractivity contribution in [3.05, 3.63) is 53.1 Å². The number of rotatable bonds is 8. The van der Waals surface area contributed by atoms with Crippen molar-refractivity contribution in [1.82, 2.24) is 20.3 Å². The van der Waals surface area contributed by atoms with Crippen LogP contribution in [-0.4, -0.2) is 79.3 Å². The molecular formula is C32H41ClN4O8S. The quantitative estimate of drug-likeness (QED) is 0.354. The van der Waals surface area contributed by atoms with Crippen LogP contribution in [0.15, 0.2) is 36.9 Å². The number of benzene rings is 1. The molecule has 3 fully saturated rings. The predicted octanol–water partition coefficient (Wildman–Crippen LogP) is 3.20. The molecule has 5 atom stereocenters. The zero-order chi connectivity index (χ0) is 33.1. The highest BCUT2D eigenvalue weighted by molar-refractivity contribution is 7.91. The van der Waals surface area contributed by atoms with Gasteiger partial charge in [-0.25, -0.2) is 13.2 Å². The van der Waals surface area contributed by atoms with Crippen LogP contribution in [0.5, 0.6) is 0 Å². The van der Waals surface area contributed by atoms with Crippen LogP contribution in [-0.2, 0) is 40.5 Å². The third-order valence-electron chi connectivity index (χ3n) is 8.87. The standard InChI is InChI=1S/C32H41ClN4O8S/c1-3-8-26-29(39)37-18-23(45-19-21-15-20(10-13-25(21)33)9-6-5-7-14-44-31(41)34-26)16-27(37)28(38)35-32(17-22(32)4-2)30(40)36-46(42,43)24-11-12-24/h4,6,9-10,13,15,22-24,26-27H,2-3,5,7-8,11-12,14,16-19H2,1H3,(H,34,41)(H,35,38)(H,36,40)/t22-,23-,26+,27+,32-/m1/s1. The first-order valence-electron chi connectivity index (χ1n) is 15.8. The second-order valence-corrected chi connectivity index (χ2v) is 14.7. The average molecular weight is 677 g/mol. The zero-order valence-electron chi connectivity index (χ0n) is 25.8. The molecule has 2 saturated carbocycles. The van der Waals surface area contributed by atoms with E-state index < -0.39 is 68.7 Å². The van der Waals surface area contributed by atoms with Crippen LogP contribution in [0.1, 0.15) is 69.4 Å². The summed E-state index contributed by atoms with van der Waals surface area (Å²) in [7, 11) is -3.86. The number of alkyl carbamates (subject to hydrolysis) is 1. The van der Waals surface area contributed by atoms with Crippen molar-refractivity contribution in [1.29, 1.82) is 0 Å². The van der Waals surface area contributed by atoms with Crippen LogP contribution in [0.2, 0.25) is 5.02 Å². The van der Waals surface area contributed by atoms with E-state index in [0.717, 1.165) is 11.1 Å². The lowest BCUT2D eigenvalue weighted by Gasteiger charge is -2.29. The molecular weight excluding hydrogens is 636 g/mol. The molecule has 2 aliphatic carbocycles. The van der Waals surface area contributed by atoms with Gasteiger partial charge in [0.15, 0.2) is 0 Å². The number of halogens is 1. The van der Waals surface area contributed by atoms with Gasteiger partial charge in [0.2, 0.25) is 21.8 Å². The summed E-state index contributed by atoms with van der Waals surface area (Å²) in [6.45, 7) is 5.95. The fraction of sp³-hybridized carbons (Fsp3) is 0.562. The number of carbonyl (C=O) groups is 4. The van der Waals surface area contributed by atoms with Crippen molar-refractivity contribution in [3.63, 3.8) is 0 Å². The molecule has 2 heterocycles. The van der Waals surface area contributed by atoms with Gasteiger partial charge in [0.05, 0.1) is 24.6 Å². The van der Waals surface area contributed by atoms with Gasteiger partial charge in [-0.1, -0.05) is 49.2 Å². The van der Waals surface area contributed by atoms with Crippen molar-refractivity contribution in [2.45, 2.75) is 93.9 Å². The summed E-state index contributed by atoms with van der Waals surface area (Å²) in [5.41, 5.74) is 0.154. The van der Waals surface area contributed by atoms with Crippen molar-refractivity contribution in [2.24, 2.45) is 5.92 Å². The number of hydrogen-bond donors (Lipinski definition) is 3. The number of fused-ring (bicyclic) bond motifs is 4. The first-order valence-corrected chi connectivity index (χ1v) is 17.7. The maximum absolute atomic E-state index is 14.0. The molecule has 0 aromatic heterocycles. The lowest BCUT2D eigenvalue weighted by Crippen LogP contribution is -2.58. The molecule has 3 N–H and O–H groups in total. The monoisotopic (exact) mass is 676 g/mol. The zero-order valence-corrected chi connectivity index (χ0v) is 27.4. The first kappa shape index (κ1) is 33.9. The third-order valence-corrected chi connectivity index (χ3v) is 11.1. The minimum atomic E-state index is -3.86. The minimum Gasteiger partial charge on any atom is -0.450 e. The number of cyclic esters (lactones) is 1. The molecule has 5 rings (SSSR count). The number of nitrogens with one attached hydrogen (secondary N) is 3. The van der Waals surface area contributed by atoms with Crippen molar-refractivity contribution >= 4 is 51.5 Å². The van der Waals surface area contributed by atoms with Gasteiger partial charge in [0, 0.05) is 23.9 Å². The second kappa shape index (κ2) is 14.1. The Bertz CT molecular complexity index is 1510. The van der Waals surface area contributed by atoms with Crippen molar-refractivity contribution < 1.29 is 37.1 Å². The van der Waals surface area contributed by atoms with Crippen LogP contribution in [0, 0.1) is 5.92 Å². The number of nitrogens with zero attached hydrogens (tertiary/aromatic N) is 1. The highest BCUT2D eigenvalue weighted by atomic mass is 35.5. The fourth-order valence-electron chi connectivity index (χ4n) is 5.96. The maximum atomic E-state index is 14.0. The molecule has 1 saturated heterocycles. The lowest BCUT2D eigenvalue weighted by molar-refractivity contribution is -0.141. The predicted molar refractivity (Wildman–Crippen MR) is 171 cm³/mol. The summed E-state index contributed by atoms with van der Waals surface area (Å²) in [4.78, 5) is 55.2. The lowest BCUT2D eigenvalue weighted by atomic mass is 10.1. The normalized spacial score (nSPS) is 28.7. The van der Waals surface area contributed by atoms with E-state index in [-0.39, 0.29) is 32.6 Å². The summed E-state index contributed by atoms with van der Waals surface area (Å²) in [6.07, 6.45) is 7.48. The molecule has 0 spiro atoms. The Morgan fingerprint density at radius 1 is 1.26 bits per heavy atom. The Morgan fingerprint density at radius 3 is 2.74 bits per heavy atom. The van der Waals surface area contributed by atoms with E-state index in [1.54, 1.807) is 6.07 Å². The average Bonchev–Trinajstić information content (AvgIpc) is 3.94. The van der Waals surface area contributed by atoms with Gasteiger partial charge < -0.3 is 25.0 Å². The Morgan fingerprint density at radius 2 is 2.04 bits per heavy atom. The fourth-order valence-corrected chi connectivity index (χ4v) is 7.50. The number of carbonyl (C=O) groups excluding carboxylic acids is 4. The Kier molecular flexibility index (Phi) is 10.4. The first-order chi connectivity index (χ1) is 22.0. The van der Waals surface area contributed by atoms with Gasteiger partial charge in [0.1, 0.15) is 17.6 Å². The van der Waals surface area contributed by atoms with Crippen molar-refractivity contribution in [3.8, 4) is 0 Å². The summed E-state index contributed by atoms with van der Waals surface area (Å²) < 4.78 is 38.8. The number of sulfonamides is 1. The molecule has 2 aliphatic heterocycles. The molecule has 4 aliphatic rings. The molecule has 14 heteroatoms. The highest BCUT2D eigenvalue weighted by Gasteiger charge is 2.62.